The van der Waals surface area contributed by atoms with Crippen molar-refractivity contribution in [2.24, 2.45) is 0 Å². The standard InChI is InChI=1S/C18H18N4O3/c1-18(11-10-13-7-3-2-4-8-13)16(24)22(17(25)20-18)21-15(23)14-9-5-6-12-19-14/h2-9,12H,10-11H2,1H3,(H,20,25)(H,21,23)/t18-/m1/s1. The Hall–Kier alpha value is -3.22. The van der Waals surface area contributed by atoms with E-state index in [1.54, 1.807) is 19.1 Å². The van der Waals surface area contributed by atoms with Crippen molar-refractivity contribution in [2.45, 2.75) is 25.3 Å². The van der Waals surface area contributed by atoms with Crippen LogP contribution in [-0.4, -0.2) is 33.4 Å². The molecule has 1 atom stereocenters. The van der Waals surface area contributed by atoms with Gasteiger partial charge >= 0.3 is 6.03 Å². The second-order valence-corrected chi connectivity index (χ2v) is 6.04. The van der Waals surface area contributed by atoms with Crippen molar-refractivity contribution in [1.29, 1.82) is 0 Å². The van der Waals surface area contributed by atoms with Crippen molar-refractivity contribution < 1.29 is 14.4 Å². The largest absolute Gasteiger partial charge is 0.344 e. The number of pyridine rings is 1. The Balaban J connectivity index is 1.68. The maximum Gasteiger partial charge on any atom is 0.344 e. The third-order valence-corrected chi connectivity index (χ3v) is 4.13. The number of imide groups is 1. The highest BCUT2D eigenvalue weighted by atomic mass is 16.2. The van der Waals surface area contributed by atoms with Crippen molar-refractivity contribution >= 4 is 17.8 Å². The number of nitrogens with zero attached hydrogens (tertiary/aromatic N) is 2. The molecule has 0 saturated carbocycles. The number of aromatic nitrogens is 1. The molecular formula is C18H18N4O3. The molecule has 7 heteroatoms. The van der Waals surface area contributed by atoms with Crippen molar-refractivity contribution in [3.05, 3.63) is 66.0 Å². The number of benzene rings is 1. The van der Waals surface area contributed by atoms with Gasteiger partial charge in [0.15, 0.2) is 0 Å². The van der Waals surface area contributed by atoms with Crippen molar-refractivity contribution in [3.63, 3.8) is 0 Å². The van der Waals surface area contributed by atoms with E-state index in [4.69, 9.17) is 0 Å². The molecular weight excluding hydrogens is 320 g/mol. The number of hydrazine groups is 1. The molecule has 1 saturated heterocycles. The monoisotopic (exact) mass is 338 g/mol. The van der Waals surface area contributed by atoms with E-state index in [1.807, 2.05) is 30.3 Å². The molecule has 3 rings (SSSR count). The lowest BCUT2D eigenvalue weighted by molar-refractivity contribution is -0.132. The fourth-order valence-electron chi connectivity index (χ4n) is 2.65. The van der Waals surface area contributed by atoms with Gasteiger partial charge in [0.2, 0.25) is 0 Å². The van der Waals surface area contributed by atoms with Crippen molar-refractivity contribution in [3.8, 4) is 0 Å². The summed E-state index contributed by atoms with van der Waals surface area (Å²) < 4.78 is 0. The molecule has 1 aromatic carbocycles. The highest BCUT2D eigenvalue weighted by molar-refractivity contribution is 6.08. The van der Waals surface area contributed by atoms with Crippen LogP contribution in [0.15, 0.2) is 54.7 Å². The van der Waals surface area contributed by atoms with Crippen molar-refractivity contribution in [1.82, 2.24) is 20.7 Å². The van der Waals surface area contributed by atoms with Crippen LogP contribution >= 0.6 is 0 Å². The second kappa shape index (κ2) is 6.72. The molecule has 0 spiro atoms. The average molecular weight is 338 g/mol. The summed E-state index contributed by atoms with van der Waals surface area (Å²) in [6.45, 7) is 1.66. The zero-order valence-corrected chi connectivity index (χ0v) is 13.7. The molecule has 2 N–H and O–H groups in total. The number of carbonyl (C=O) groups is 3. The van der Waals surface area contributed by atoms with Crippen LogP contribution in [0, 0.1) is 0 Å². The Morgan fingerprint density at radius 2 is 1.88 bits per heavy atom. The maximum atomic E-state index is 12.6. The van der Waals surface area contributed by atoms with Gasteiger partial charge in [-0.15, -0.1) is 0 Å². The van der Waals surface area contributed by atoms with Crippen LogP contribution in [0.5, 0.6) is 0 Å². The van der Waals surface area contributed by atoms with E-state index in [0.717, 1.165) is 10.6 Å². The molecule has 7 nitrogen and oxygen atoms in total. The molecule has 1 aliphatic heterocycles. The van der Waals surface area contributed by atoms with Gasteiger partial charge in [0.05, 0.1) is 0 Å². The molecule has 1 fully saturated rings. The maximum absolute atomic E-state index is 12.6. The molecule has 128 valence electrons. The molecule has 2 aromatic rings. The summed E-state index contributed by atoms with van der Waals surface area (Å²) in [7, 11) is 0. The van der Waals surface area contributed by atoms with Crippen LogP contribution in [0.25, 0.3) is 0 Å². The van der Waals surface area contributed by atoms with E-state index >= 15 is 0 Å². The first-order chi connectivity index (χ1) is 12.0. The summed E-state index contributed by atoms with van der Waals surface area (Å²) in [5, 5.41) is 3.38. The molecule has 0 radical (unpaired) electrons. The summed E-state index contributed by atoms with van der Waals surface area (Å²) in [6, 6.07) is 13.9. The minimum Gasteiger partial charge on any atom is -0.322 e. The second-order valence-electron chi connectivity index (χ2n) is 6.04. The number of urea groups is 1. The average Bonchev–Trinajstić information content (AvgIpc) is 2.85. The van der Waals surface area contributed by atoms with Gasteiger partial charge in [-0.2, -0.15) is 5.01 Å². The molecule has 25 heavy (non-hydrogen) atoms. The molecule has 2 heterocycles. The van der Waals surface area contributed by atoms with Crippen LogP contribution in [0.2, 0.25) is 0 Å². The van der Waals surface area contributed by atoms with E-state index < -0.39 is 23.4 Å². The summed E-state index contributed by atoms with van der Waals surface area (Å²) in [6.07, 6.45) is 2.52. The predicted molar refractivity (Wildman–Crippen MR) is 90.2 cm³/mol. The lowest BCUT2D eigenvalue weighted by Crippen LogP contribution is -2.49. The fraction of sp³-hybridized carbons (Fsp3) is 0.222. The predicted octanol–water partition coefficient (Wildman–Crippen LogP) is 1.67. The van der Waals surface area contributed by atoms with Crippen LogP contribution in [-0.2, 0) is 11.2 Å². The Bertz CT molecular complexity index is 794. The van der Waals surface area contributed by atoms with Gasteiger partial charge in [-0.05, 0) is 37.5 Å². The molecule has 0 aliphatic carbocycles. The molecule has 1 aromatic heterocycles. The van der Waals surface area contributed by atoms with E-state index in [0.29, 0.717) is 12.8 Å². The van der Waals surface area contributed by atoms with Crippen LogP contribution < -0.4 is 10.7 Å². The number of aryl methyl sites for hydroxylation is 1. The summed E-state index contributed by atoms with van der Waals surface area (Å²) >= 11 is 0. The molecule has 0 bridgehead atoms. The zero-order chi connectivity index (χ0) is 17.9. The quantitative estimate of drug-likeness (QED) is 0.811. The summed E-state index contributed by atoms with van der Waals surface area (Å²) in [5.41, 5.74) is 2.45. The van der Waals surface area contributed by atoms with Crippen molar-refractivity contribution in [2.75, 3.05) is 0 Å². The molecule has 1 aliphatic rings. The van der Waals surface area contributed by atoms with Gasteiger partial charge in [0.25, 0.3) is 11.8 Å². The Morgan fingerprint density at radius 3 is 2.56 bits per heavy atom. The zero-order valence-electron chi connectivity index (χ0n) is 13.7. The van der Waals surface area contributed by atoms with E-state index in [2.05, 4.69) is 15.7 Å². The number of hydrogen-bond donors (Lipinski definition) is 2. The summed E-state index contributed by atoms with van der Waals surface area (Å²) in [5.74, 6) is -1.10. The normalized spacial score (nSPS) is 19.6. The van der Waals surface area contributed by atoms with Gasteiger partial charge < -0.3 is 5.32 Å². The lowest BCUT2D eigenvalue weighted by atomic mass is 9.93. The minimum atomic E-state index is -1.07. The van der Waals surface area contributed by atoms with Gasteiger partial charge in [-0.3, -0.25) is 20.0 Å². The van der Waals surface area contributed by atoms with E-state index in [1.165, 1.54) is 12.3 Å². The van der Waals surface area contributed by atoms with Gasteiger partial charge in [0, 0.05) is 6.20 Å². The van der Waals surface area contributed by atoms with Gasteiger partial charge in [-0.1, -0.05) is 36.4 Å². The number of nitrogens with one attached hydrogen (secondary N) is 2. The van der Waals surface area contributed by atoms with E-state index in [9.17, 15) is 14.4 Å². The highest BCUT2D eigenvalue weighted by Crippen LogP contribution is 2.22. The Kier molecular flexibility index (Phi) is 4.47. The minimum absolute atomic E-state index is 0.126. The Labute approximate surface area is 145 Å². The molecule has 4 amide bonds. The van der Waals surface area contributed by atoms with Crippen LogP contribution in [0.3, 0.4) is 0 Å². The third-order valence-electron chi connectivity index (χ3n) is 4.13. The SMILES string of the molecule is C[C@]1(CCc2ccccc2)NC(=O)N(NC(=O)c2ccccn2)C1=O. The topological polar surface area (TPSA) is 91.4 Å². The third kappa shape index (κ3) is 3.50. The first-order valence-electron chi connectivity index (χ1n) is 7.92. The van der Waals surface area contributed by atoms with Crippen LogP contribution in [0.4, 0.5) is 4.79 Å². The Morgan fingerprint density at radius 1 is 1.16 bits per heavy atom. The first-order valence-corrected chi connectivity index (χ1v) is 7.92. The van der Waals surface area contributed by atoms with Gasteiger partial charge in [-0.25, -0.2) is 4.79 Å². The number of rotatable bonds is 5. The number of amides is 4. The number of carbonyl (C=O) groups excluding carboxylic acids is 3. The number of hydrogen-bond acceptors (Lipinski definition) is 4. The summed E-state index contributed by atoms with van der Waals surface area (Å²) in [4.78, 5) is 40.8. The highest BCUT2D eigenvalue weighted by Gasteiger charge is 2.48. The lowest BCUT2D eigenvalue weighted by Gasteiger charge is -2.21. The van der Waals surface area contributed by atoms with Crippen LogP contribution in [0.1, 0.15) is 29.4 Å². The smallest absolute Gasteiger partial charge is 0.322 e. The van der Waals surface area contributed by atoms with Gasteiger partial charge in [0.1, 0.15) is 11.2 Å². The van der Waals surface area contributed by atoms with E-state index in [-0.39, 0.29) is 5.69 Å². The fourth-order valence-corrected chi connectivity index (χ4v) is 2.65. The first kappa shape index (κ1) is 16.6. The molecule has 0 unspecified atom stereocenters.